The van der Waals surface area contributed by atoms with Gasteiger partial charge < -0.3 is 9.64 Å². The van der Waals surface area contributed by atoms with Crippen LogP contribution in [0.2, 0.25) is 0 Å². The van der Waals surface area contributed by atoms with Crippen molar-refractivity contribution < 1.29 is 23.5 Å². The molecule has 2 saturated heterocycles. The summed E-state index contributed by atoms with van der Waals surface area (Å²) in [6.45, 7) is 1.29. The van der Waals surface area contributed by atoms with Gasteiger partial charge in [0.05, 0.1) is 4.91 Å². The third-order valence-electron chi connectivity index (χ3n) is 6.14. The molecule has 2 aliphatic rings. The van der Waals surface area contributed by atoms with Crippen molar-refractivity contribution in [2.75, 3.05) is 19.6 Å². The Morgan fingerprint density at radius 3 is 2.51 bits per heavy atom. The summed E-state index contributed by atoms with van der Waals surface area (Å²) in [5, 5.41) is 1.36. The van der Waals surface area contributed by atoms with Crippen molar-refractivity contribution in [3.63, 3.8) is 0 Å². The number of carbonyl (C=O) groups is 3. The van der Waals surface area contributed by atoms with Crippen LogP contribution in [0.5, 0.6) is 5.75 Å². The zero-order valence-electron chi connectivity index (χ0n) is 18.9. The van der Waals surface area contributed by atoms with Crippen LogP contribution in [0.15, 0.2) is 65.6 Å². The molecule has 0 radical (unpaired) electrons. The maximum atomic E-state index is 13.2. The summed E-state index contributed by atoms with van der Waals surface area (Å²) in [4.78, 5) is 41.2. The third kappa shape index (κ3) is 4.93. The summed E-state index contributed by atoms with van der Waals surface area (Å²) in [6, 6.07) is 17.5. The van der Waals surface area contributed by atoms with E-state index in [1.54, 1.807) is 23.1 Å². The minimum atomic E-state index is -0.482. The molecule has 0 aromatic heterocycles. The molecule has 178 valence electrons. The fourth-order valence-electron chi connectivity index (χ4n) is 4.26. The van der Waals surface area contributed by atoms with E-state index < -0.39 is 11.1 Å². The molecule has 0 saturated carbocycles. The monoisotopic (exact) mass is 490 g/mol. The van der Waals surface area contributed by atoms with Gasteiger partial charge in [0.25, 0.3) is 11.1 Å². The lowest BCUT2D eigenvalue weighted by molar-refractivity contribution is -0.135. The number of ether oxygens (including phenoxy) is 1. The summed E-state index contributed by atoms with van der Waals surface area (Å²) < 4.78 is 19.3. The summed E-state index contributed by atoms with van der Waals surface area (Å²) in [5.74, 6) is -0.475. The third-order valence-corrected chi connectivity index (χ3v) is 7.05. The van der Waals surface area contributed by atoms with Gasteiger partial charge in [-0.1, -0.05) is 42.5 Å². The number of nitrogens with zero attached hydrogens (tertiary/aromatic N) is 2. The summed E-state index contributed by atoms with van der Waals surface area (Å²) in [6.07, 6.45) is 3.54. The Bertz CT molecular complexity index is 1330. The lowest BCUT2D eigenvalue weighted by atomic mass is 10.0. The largest absolute Gasteiger partial charge is 0.488 e. The van der Waals surface area contributed by atoms with E-state index in [-0.39, 0.29) is 29.8 Å². The highest BCUT2D eigenvalue weighted by atomic mass is 32.2. The molecule has 0 spiro atoms. The quantitative estimate of drug-likeness (QED) is 0.444. The topological polar surface area (TPSA) is 66.9 Å². The Hall–Kier alpha value is -3.65. The van der Waals surface area contributed by atoms with Gasteiger partial charge >= 0.3 is 0 Å². The van der Waals surface area contributed by atoms with Gasteiger partial charge in [-0.05, 0) is 65.2 Å². The van der Waals surface area contributed by atoms with Gasteiger partial charge in [0, 0.05) is 18.7 Å². The second-order valence-corrected chi connectivity index (χ2v) is 9.46. The number of likely N-dealkylation sites (tertiary alicyclic amines) is 1. The molecule has 0 bridgehead atoms. The van der Waals surface area contributed by atoms with Crippen molar-refractivity contribution in [2.45, 2.75) is 19.4 Å². The van der Waals surface area contributed by atoms with Gasteiger partial charge in [0.2, 0.25) is 5.91 Å². The van der Waals surface area contributed by atoms with Gasteiger partial charge in [-0.3, -0.25) is 19.3 Å². The highest BCUT2D eigenvalue weighted by molar-refractivity contribution is 8.18. The molecule has 8 heteroatoms. The summed E-state index contributed by atoms with van der Waals surface area (Å²) >= 11 is 0.825. The first kappa shape index (κ1) is 23.1. The average molecular weight is 491 g/mol. The second-order valence-electron chi connectivity index (χ2n) is 8.47. The summed E-state index contributed by atoms with van der Waals surface area (Å²) in [5.41, 5.74) is 1.47. The molecule has 3 amide bonds. The fraction of sp³-hybridized carbons (Fsp3) is 0.222. The molecule has 3 aromatic carbocycles. The molecule has 0 aliphatic carbocycles. The van der Waals surface area contributed by atoms with Crippen LogP contribution in [0.3, 0.4) is 0 Å². The van der Waals surface area contributed by atoms with Gasteiger partial charge in [0.15, 0.2) is 0 Å². The lowest BCUT2D eigenvalue weighted by Crippen LogP contribution is -2.40. The van der Waals surface area contributed by atoms with Crippen LogP contribution >= 0.6 is 11.8 Å². The molecular formula is C27H23FN2O4S. The number of fused-ring (bicyclic) bond motifs is 1. The minimum Gasteiger partial charge on any atom is -0.488 e. The van der Waals surface area contributed by atoms with E-state index in [1.807, 2.05) is 36.4 Å². The van der Waals surface area contributed by atoms with Gasteiger partial charge in [-0.25, -0.2) is 4.39 Å². The van der Waals surface area contributed by atoms with Crippen LogP contribution in [-0.4, -0.2) is 46.5 Å². The van der Waals surface area contributed by atoms with E-state index >= 15 is 0 Å². The number of hydrogen-bond donors (Lipinski definition) is 0. The molecule has 35 heavy (non-hydrogen) atoms. The molecule has 6 nitrogen and oxygen atoms in total. The molecule has 2 fully saturated rings. The highest BCUT2D eigenvalue weighted by Crippen LogP contribution is 2.37. The van der Waals surface area contributed by atoms with E-state index in [1.165, 1.54) is 12.1 Å². The van der Waals surface area contributed by atoms with Crippen LogP contribution in [0, 0.1) is 5.82 Å². The minimum absolute atomic E-state index is 0.209. The number of halogens is 1. The van der Waals surface area contributed by atoms with Gasteiger partial charge in [0.1, 0.15) is 24.7 Å². The van der Waals surface area contributed by atoms with Crippen LogP contribution < -0.4 is 4.74 Å². The van der Waals surface area contributed by atoms with E-state index in [0.717, 1.165) is 45.8 Å². The lowest BCUT2D eigenvalue weighted by Gasteiger charge is -2.18. The molecule has 5 rings (SSSR count). The average Bonchev–Trinajstić information content (AvgIpc) is 3.49. The maximum absolute atomic E-state index is 13.2. The first-order valence-corrected chi connectivity index (χ1v) is 12.2. The van der Waals surface area contributed by atoms with Crippen molar-refractivity contribution in [3.8, 4) is 5.75 Å². The fourth-order valence-corrected chi connectivity index (χ4v) is 5.08. The van der Waals surface area contributed by atoms with Crippen LogP contribution in [0.25, 0.3) is 16.8 Å². The summed E-state index contributed by atoms with van der Waals surface area (Å²) in [7, 11) is 0. The first-order chi connectivity index (χ1) is 17.0. The number of hydrogen-bond acceptors (Lipinski definition) is 5. The van der Waals surface area contributed by atoms with Crippen molar-refractivity contribution >= 4 is 45.7 Å². The standard InChI is InChI=1S/C27H23FN2O4S/c28-20-10-7-18(8-11-20)17-34-23-12-9-19-5-1-2-6-21(19)22(23)15-24-26(32)30(27(33)35-24)16-25(31)29-13-3-4-14-29/h1-2,5-12,15H,3-4,13-14,16-17H2/b24-15+. The number of amides is 3. The zero-order valence-corrected chi connectivity index (χ0v) is 19.7. The predicted molar refractivity (Wildman–Crippen MR) is 133 cm³/mol. The molecule has 3 aromatic rings. The van der Waals surface area contributed by atoms with Gasteiger partial charge in [-0.2, -0.15) is 0 Å². The Balaban J connectivity index is 1.43. The smallest absolute Gasteiger partial charge is 0.294 e. The Morgan fingerprint density at radius 1 is 1.00 bits per heavy atom. The normalized spacial score (nSPS) is 17.1. The van der Waals surface area contributed by atoms with E-state index in [0.29, 0.717) is 24.4 Å². The molecule has 0 N–H and O–H groups in total. The van der Waals surface area contributed by atoms with E-state index in [2.05, 4.69) is 0 Å². The Labute approximate surface area is 206 Å². The van der Waals surface area contributed by atoms with Gasteiger partial charge in [-0.15, -0.1) is 0 Å². The highest BCUT2D eigenvalue weighted by Gasteiger charge is 2.37. The number of rotatable bonds is 6. The first-order valence-electron chi connectivity index (χ1n) is 11.4. The number of benzene rings is 3. The van der Waals surface area contributed by atoms with Crippen LogP contribution in [0.1, 0.15) is 24.0 Å². The second kappa shape index (κ2) is 9.92. The Kier molecular flexibility index (Phi) is 6.55. The van der Waals surface area contributed by atoms with E-state index in [4.69, 9.17) is 4.74 Å². The Morgan fingerprint density at radius 2 is 1.74 bits per heavy atom. The zero-order chi connectivity index (χ0) is 24.4. The maximum Gasteiger partial charge on any atom is 0.294 e. The van der Waals surface area contributed by atoms with Crippen molar-refractivity contribution in [1.82, 2.24) is 9.80 Å². The molecule has 0 atom stereocenters. The van der Waals surface area contributed by atoms with Crippen molar-refractivity contribution in [1.29, 1.82) is 0 Å². The van der Waals surface area contributed by atoms with Crippen molar-refractivity contribution in [3.05, 3.63) is 82.5 Å². The van der Waals surface area contributed by atoms with E-state index in [9.17, 15) is 18.8 Å². The number of carbonyl (C=O) groups excluding carboxylic acids is 3. The SMILES string of the molecule is O=C(CN1C(=O)S/C(=C/c2c(OCc3ccc(F)cc3)ccc3ccccc23)C1=O)N1CCCC1. The molecule has 2 aliphatic heterocycles. The number of thioether (sulfide) groups is 1. The van der Waals surface area contributed by atoms with Crippen molar-refractivity contribution in [2.24, 2.45) is 0 Å². The number of imide groups is 1. The van der Waals surface area contributed by atoms with Crippen LogP contribution in [0.4, 0.5) is 9.18 Å². The van der Waals surface area contributed by atoms with Crippen LogP contribution in [-0.2, 0) is 16.2 Å². The molecule has 0 unspecified atom stereocenters. The molecular weight excluding hydrogens is 467 g/mol. The predicted octanol–water partition coefficient (Wildman–Crippen LogP) is 5.22. The molecule has 2 heterocycles.